The number of fused-ring (bicyclic) bond motifs is 8. The normalized spacial score (nSPS) is 13.3. The van der Waals surface area contributed by atoms with Gasteiger partial charge >= 0.3 is 0 Å². The summed E-state index contributed by atoms with van der Waals surface area (Å²) in [5, 5.41) is 4.55. The number of hydrogen-bond donors (Lipinski definition) is 0. The zero-order chi connectivity index (χ0) is 30.1. The lowest BCUT2D eigenvalue weighted by Crippen LogP contribution is -2.16. The molecule has 0 spiro atoms. The van der Waals surface area contributed by atoms with E-state index >= 15 is 0 Å². The number of benzene rings is 7. The summed E-state index contributed by atoms with van der Waals surface area (Å²) in [6.45, 7) is 4.68. The molecule has 1 aliphatic rings. The van der Waals surface area contributed by atoms with Crippen LogP contribution in [0.5, 0.6) is 0 Å². The summed E-state index contributed by atoms with van der Waals surface area (Å²) >= 11 is 0. The first-order valence-electron chi connectivity index (χ1n) is 15.6. The summed E-state index contributed by atoms with van der Waals surface area (Å²) < 4.78 is 6.95. The highest BCUT2D eigenvalue weighted by Gasteiger charge is 2.38. The Hall–Kier alpha value is -5.60. The Bertz CT molecular complexity index is 2410. The predicted molar refractivity (Wildman–Crippen MR) is 189 cm³/mol. The molecule has 0 bridgehead atoms. The predicted octanol–water partition coefficient (Wildman–Crippen LogP) is 12.2. The van der Waals surface area contributed by atoms with Crippen LogP contribution >= 0.6 is 0 Å². The number of furan rings is 1. The third kappa shape index (κ3) is 3.76. The van der Waals surface area contributed by atoms with Gasteiger partial charge in [0, 0.05) is 32.7 Å². The number of nitrogens with zero attached hydrogens (tertiary/aromatic N) is 1. The zero-order valence-electron chi connectivity index (χ0n) is 25.3. The van der Waals surface area contributed by atoms with Gasteiger partial charge in [-0.3, -0.25) is 0 Å². The van der Waals surface area contributed by atoms with Crippen molar-refractivity contribution in [1.29, 1.82) is 0 Å². The van der Waals surface area contributed by atoms with Crippen LogP contribution in [0, 0.1) is 0 Å². The molecule has 1 aliphatic carbocycles. The lowest BCUT2D eigenvalue weighted by atomic mass is 9.82. The molecule has 0 saturated carbocycles. The van der Waals surface area contributed by atoms with Gasteiger partial charge in [0.1, 0.15) is 5.58 Å². The average Bonchev–Trinajstić information content (AvgIpc) is 3.59. The van der Waals surface area contributed by atoms with Crippen LogP contribution in [0.25, 0.3) is 55.0 Å². The fourth-order valence-electron chi connectivity index (χ4n) is 7.53. The number of para-hydroxylation sites is 2. The van der Waals surface area contributed by atoms with E-state index in [0.717, 1.165) is 44.4 Å². The maximum Gasteiger partial charge on any atom is 0.159 e. The van der Waals surface area contributed by atoms with Gasteiger partial charge in [-0.15, -0.1) is 0 Å². The largest absolute Gasteiger partial charge is 0.453 e. The Balaban J connectivity index is 1.40. The van der Waals surface area contributed by atoms with E-state index in [2.05, 4.69) is 170 Å². The molecule has 0 amide bonds. The Morgan fingerprint density at radius 3 is 1.96 bits per heavy atom. The second kappa shape index (κ2) is 9.70. The van der Waals surface area contributed by atoms with Crippen molar-refractivity contribution in [2.75, 3.05) is 4.90 Å². The molecule has 0 unspecified atom stereocenters. The van der Waals surface area contributed by atoms with Gasteiger partial charge in [0.05, 0.1) is 17.1 Å². The molecule has 0 saturated heterocycles. The number of rotatable bonds is 4. The van der Waals surface area contributed by atoms with Crippen LogP contribution in [0.1, 0.15) is 25.0 Å². The fourth-order valence-corrected chi connectivity index (χ4v) is 7.53. The average molecular weight is 578 g/mol. The monoisotopic (exact) mass is 577 g/mol. The molecule has 45 heavy (non-hydrogen) atoms. The van der Waals surface area contributed by atoms with E-state index in [1.165, 1.54) is 38.8 Å². The van der Waals surface area contributed by atoms with E-state index in [1.54, 1.807) is 0 Å². The molecule has 1 aromatic heterocycles. The van der Waals surface area contributed by atoms with Gasteiger partial charge in [0.15, 0.2) is 5.58 Å². The second-order valence-corrected chi connectivity index (χ2v) is 12.5. The van der Waals surface area contributed by atoms with E-state index in [0.29, 0.717) is 0 Å². The molecule has 0 radical (unpaired) electrons. The van der Waals surface area contributed by atoms with E-state index in [1.807, 2.05) is 0 Å². The van der Waals surface area contributed by atoms with Crippen molar-refractivity contribution in [2.45, 2.75) is 19.3 Å². The minimum absolute atomic E-state index is 0.114. The van der Waals surface area contributed by atoms with Gasteiger partial charge in [-0.05, 0) is 51.9 Å². The van der Waals surface area contributed by atoms with Crippen LogP contribution in [-0.2, 0) is 5.41 Å². The van der Waals surface area contributed by atoms with Crippen LogP contribution in [0.15, 0.2) is 156 Å². The molecule has 1 heterocycles. The highest BCUT2D eigenvalue weighted by atomic mass is 16.3. The molecular weight excluding hydrogens is 546 g/mol. The summed E-state index contributed by atoms with van der Waals surface area (Å²) in [5.74, 6) is 0. The van der Waals surface area contributed by atoms with Crippen molar-refractivity contribution >= 4 is 49.8 Å². The van der Waals surface area contributed by atoms with Crippen LogP contribution in [0.3, 0.4) is 0 Å². The zero-order valence-corrected chi connectivity index (χ0v) is 25.3. The van der Waals surface area contributed by atoms with Gasteiger partial charge in [-0.2, -0.15) is 0 Å². The molecule has 2 nitrogen and oxygen atoms in total. The Morgan fingerprint density at radius 1 is 0.444 bits per heavy atom. The molecule has 9 rings (SSSR count). The van der Waals surface area contributed by atoms with Crippen molar-refractivity contribution in [2.24, 2.45) is 0 Å². The molecule has 0 aliphatic heterocycles. The SMILES string of the molecule is CC1(C)c2ccccc2-c2c(N(c3ccccc3-c3ccccc3)c3cccc4c3oc3c5ccccc5ccc43)cccc21. The molecule has 7 aromatic carbocycles. The van der Waals surface area contributed by atoms with Crippen LogP contribution in [-0.4, -0.2) is 0 Å². The first kappa shape index (κ1) is 25.9. The minimum atomic E-state index is -0.114. The molecule has 0 atom stereocenters. The third-order valence-electron chi connectivity index (χ3n) is 9.67. The Labute approximate surface area is 262 Å². The molecular formula is C43H31NO. The highest BCUT2D eigenvalue weighted by Crippen LogP contribution is 2.55. The van der Waals surface area contributed by atoms with Crippen LogP contribution in [0.2, 0.25) is 0 Å². The van der Waals surface area contributed by atoms with Crippen molar-refractivity contribution in [3.63, 3.8) is 0 Å². The minimum Gasteiger partial charge on any atom is -0.453 e. The topological polar surface area (TPSA) is 16.4 Å². The van der Waals surface area contributed by atoms with Crippen molar-refractivity contribution in [1.82, 2.24) is 0 Å². The first-order valence-corrected chi connectivity index (χ1v) is 15.6. The van der Waals surface area contributed by atoms with Crippen LogP contribution in [0.4, 0.5) is 17.1 Å². The smallest absolute Gasteiger partial charge is 0.159 e. The standard InChI is InChI=1S/C43H31NO/c1-43(2)35-21-10-8-19-34(35)40-36(43)22-13-24-38(40)44(37-23-11-9-17-30(37)28-14-4-3-5-15-28)39-25-12-20-32-33-27-26-29-16-6-7-18-31(29)41(33)45-42(32)39/h3-27H,1-2H3. The van der Waals surface area contributed by atoms with E-state index in [4.69, 9.17) is 4.42 Å². The van der Waals surface area contributed by atoms with Gasteiger partial charge in [0.25, 0.3) is 0 Å². The fraction of sp³-hybridized carbons (Fsp3) is 0.0698. The van der Waals surface area contributed by atoms with E-state index in [-0.39, 0.29) is 5.41 Å². The lowest BCUT2D eigenvalue weighted by molar-refractivity contribution is 0.660. The quantitative estimate of drug-likeness (QED) is 0.207. The van der Waals surface area contributed by atoms with E-state index < -0.39 is 0 Å². The third-order valence-corrected chi connectivity index (χ3v) is 9.67. The number of hydrogen-bond acceptors (Lipinski definition) is 2. The summed E-state index contributed by atoms with van der Waals surface area (Å²) in [6, 6.07) is 54.5. The molecule has 8 aromatic rings. The Kier molecular flexibility index (Phi) is 5.58. The van der Waals surface area contributed by atoms with Gasteiger partial charge in [-0.25, -0.2) is 0 Å². The maximum absolute atomic E-state index is 6.95. The van der Waals surface area contributed by atoms with Gasteiger partial charge in [-0.1, -0.05) is 141 Å². The molecule has 0 N–H and O–H groups in total. The summed E-state index contributed by atoms with van der Waals surface area (Å²) in [4.78, 5) is 2.44. The second-order valence-electron chi connectivity index (χ2n) is 12.5. The first-order chi connectivity index (χ1) is 22.1. The van der Waals surface area contributed by atoms with Gasteiger partial charge in [0.2, 0.25) is 0 Å². The lowest BCUT2D eigenvalue weighted by Gasteiger charge is -2.30. The maximum atomic E-state index is 6.95. The molecule has 0 fully saturated rings. The summed E-state index contributed by atoms with van der Waals surface area (Å²) in [7, 11) is 0. The number of anilines is 3. The van der Waals surface area contributed by atoms with Gasteiger partial charge < -0.3 is 9.32 Å². The highest BCUT2D eigenvalue weighted by molar-refractivity contribution is 6.18. The molecule has 2 heteroatoms. The van der Waals surface area contributed by atoms with Crippen molar-refractivity contribution < 1.29 is 4.42 Å². The van der Waals surface area contributed by atoms with Crippen molar-refractivity contribution in [3.8, 4) is 22.3 Å². The summed E-state index contributed by atoms with van der Waals surface area (Å²) in [6.07, 6.45) is 0. The van der Waals surface area contributed by atoms with Crippen LogP contribution < -0.4 is 4.90 Å². The van der Waals surface area contributed by atoms with Crippen molar-refractivity contribution in [3.05, 3.63) is 163 Å². The van der Waals surface area contributed by atoms with E-state index in [9.17, 15) is 0 Å². The molecule has 214 valence electrons. The Morgan fingerprint density at radius 2 is 1.07 bits per heavy atom. The summed E-state index contributed by atoms with van der Waals surface area (Å²) in [5.41, 5.74) is 12.6.